The van der Waals surface area contributed by atoms with Gasteiger partial charge >= 0.3 is 0 Å². The summed E-state index contributed by atoms with van der Waals surface area (Å²) in [6.45, 7) is 0. The van der Waals surface area contributed by atoms with Crippen LogP contribution in [0.5, 0.6) is 0 Å². The summed E-state index contributed by atoms with van der Waals surface area (Å²) in [7, 11) is 0. The Morgan fingerprint density at radius 1 is 1.71 bits per heavy atom. The van der Waals surface area contributed by atoms with Gasteiger partial charge in [0.1, 0.15) is 11.2 Å². The van der Waals surface area contributed by atoms with Crippen LogP contribution in [0, 0.1) is 10.1 Å². The minimum absolute atomic E-state index is 0.0633. The summed E-state index contributed by atoms with van der Waals surface area (Å²) in [4.78, 5) is 24.4. The van der Waals surface area contributed by atoms with Gasteiger partial charge < -0.3 is 0 Å². The smallest absolute Gasteiger partial charge is 0.275 e. The number of pyridine rings is 1. The molecular weight excluding hydrogens is 228 g/mol. The normalized spacial score (nSPS) is 9.86. The average Bonchev–Trinajstić information content (AvgIpc) is 2.16. The van der Waals surface area contributed by atoms with E-state index in [2.05, 4.69) is 4.98 Å². The standard InChI is InChI=1S/C7H5ClN2O3S/c1-14-7-5(6(8)11)2-4(3-9-7)10(12)13/h2-3H,1H3. The van der Waals surface area contributed by atoms with E-state index in [4.69, 9.17) is 11.6 Å². The lowest BCUT2D eigenvalue weighted by atomic mass is 10.3. The highest BCUT2D eigenvalue weighted by molar-refractivity contribution is 7.98. The molecule has 0 aliphatic heterocycles. The van der Waals surface area contributed by atoms with E-state index >= 15 is 0 Å². The number of thioether (sulfide) groups is 1. The van der Waals surface area contributed by atoms with Gasteiger partial charge in [-0.25, -0.2) is 4.98 Å². The SMILES string of the molecule is CSc1ncc([N+](=O)[O-])cc1C(=O)Cl. The molecule has 0 aliphatic rings. The number of carbonyl (C=O) groups is 1. The largest absolute Gasteiger partial charge is 0.288 e. The average molecular weight is 233 g/mol. The van der Waals surface area contributed by atoms with Gasteiger partial charge in [-0.15, -0.1) is 11.8 Å². The third-order valence-electron chi connectivity index (χ3n) is 1.45. The fourth-order valence-corrected chi connectivity index (χ4v) is 1.57. The van der Waals surface area contributed by atoms with Crippen LogP contribution >= 0.6 is 23.4 Å². The molecule has 0 aliphatic carbocycles. The second-order valence-electron chi connectivity index (χ2n) is 2.28. The Morgan fingerprint density at radius 2 is 2.36 bits per heavy atom. The second kappa shape index (κ2) is 4.39. The monoisotopic (exact) mass is 232 g/mol. The van der Waals surface area contributed by atoms with Gasteiger partial charge in [-0.3, -0.25) is 14.9 Å². The molecule has 0 radical (unpaired) electrons. The van der Waals surface area contributed by atoms with Gasteiger partial charge in [0.15, 0.2) is 0 Å². The highest BCUT2D eigenvalue weighted by Crippen LogP contribution is 2.23. The highest BCUT2D eigenvalue weighted by Gasteiger charge is 2.15. The summed E-state index contributed by atoms with van der Waals surface area (Å²) in [6, 6.07) is 1.12. The molecule has 1 rings (SSSR count). The van der Waals surface area contributed by atoms with E-state index in [9.17, 15) is 14.9 Å². The molecule has 14 heavy (non-hydrogen) atoms. The molecule has 0 saturated carbocycles. The van der Waals surface area contributed by atoms with E-state index in [1.165, 1.54) is 11.8 Å². The molecule has 0 unspecified atom stereocenters. The Labute approximate surface area is 88.6 Å². The Balaban J connectivity index is 3.27. The van der Waals surface area contributed by atoms with E-state index in [0.29, 0.717) is 5.03 Å². The maximum absolute atomic E-state index is 10.9. The summed E-state index contributed by atoms with van der Waals surface area (Å²) in [5.41, 5.74) is -0.180. The van der Waals surface area contributed by atoms with Crippen LogP contribution in [0.1, 0.15) is 10.4 Å². The third-order valence-corrected chi connectivity index (χ3v) is 2.37. The number of nitro groups is 1. The molecule has 1 aromatic rings. The molecule has 0 spiro atoms. The topological polar surface area (TPSA) is 73.1 Å². The van der Waals surface area contributed by atoms with Crippen molar-refractivity contribution in [3.05, 3.63) is 27.9 Å². The van der Waals surface area contributed by atoms with Crippen molar-refractivity contribution < 1.29 is 9.72 Å². The lowest BCUT2D eigenvalue weighted by molar-refractivity contribution is -0.385. The van der Waals surface area contributed by atoms with E-state index in [1.54, 1.807) is 6.26 Å². The number of halogens is 1. The summed E-state index contributed by atoms with van der Waals surface area (Å²) in [5.74, 6) is 0. The zero-order chi connectivity index (χ0) is 10.7. The fourth-order valence-electron chi connectivity index (χ4n) is 0.845. The first-order valence-corrected chi connectivity index (χ1v) is 5.04. The summed E-state index contributed by atoms with van der Waals surface area (Å²) < 4.78 is 0. The number of hydrogen-bond donors (Lipinski definition) is 0. The molecule has 0 saturated heterocycles. The Bertz CT molecular complexity index is 397. The van der Waals surface area contributed by atoms with Gasteiger partial charge in [0, 0.05) is 6.07 Å². The molecule has 0 aromatic carbocycles. The van der Waals surface area contributed by atoms with Crippen LogP contribution in [0.2, 0.25) is 0 Å². The molecule has 0 fully saturated rings. The molecule has 1 heterocycles. The van der Waals surface area contributed by atoms with Gasteiger partial charge in [-0.2, -0.15) is 0 Å². The summed E-state index contributed by atoms with van der Waals surface area (Å²) in [6.07, 6.45) is 2.80. The molecule has 0 bridgehead atoms. The molecule has 0 N–H and O–H groups in total. The summed E-state index contributed by atoms with van der Waals surface area (Å²) in [5, 5.41) is 10.0. The van der Waals surface area contributed by atoms with Crippen molar-refractivity contribution in [2.45, 2.75) is 5.03 Å². The second-order valence-corrected chi connectivity index (χ2v) is 3.42. The highest BCUT2D eigenvalue weighted by atomic mass is 35.5. The number of nitrogens with zero attached hydrogens (tertiary/aromatic N) is 2. The zero-order valence-corrected chi connectivity index (χ0v) is 8.63. The van der Waals surface area contributed by atoms with Gasteiger partial charge in [0.05, 0.1) is 10.5 Å². The van der Waals surface area contributed by atoms with E-state index in [-0.39, 0.29) is 11.3 Å². The zero-order valence-electron chi connectivity index (χ0n) is 7.06. The van der Waals surface area contributed by atoms with Gasteiger partial charge in [0.2, 0.25) is 0 Å². The minimum Gasteiger partial charge on any atom is -0.275 e. The first-order chi connectivity index (χ1) is 6.56. The van der Waals surface area contributed by atoms with Crippen LogP contribution in [0.15, 0.2) is 17.3 Å². The molecule has 0 atom stereocenters. The molecular formula is C7H5ClN2O3S. The minimum atomic E-state index is -0.745. The molecule has 1 aromatic heterocycles. The third kappa shape index (κ3) is 2.21. The molecule has 74 valence electrons. The van der Waals surface area contributed by atoms with Crippen LogP contribution in [0.3, 0.4) is 0 Å². The van der Waals surface area contributed by atoms with Gasteiger partial charge in [-0.05, 0) is 17.9 Å². The maximum Gasteiger partial charge on any atom is 0.288 e. The van der Waals surface area contributed by atoms with Crippen molar-refractivity contribution in [3.63, 3.8) is 0 Å². The van der Waals surface area contributed by atoms with Crippen LogP contribution in [0.25, 0.3) is 0 Å². The van der Waals surface area contributed by atoms with E-state index < -0.39 is 10.2 Å². The van der Waals surface area contributed by atoms with Crippen LogP contribution in [-0.2, 0) is 0 Å². The number of carbonyl (C=O) groups excluding carboxylic acids is 1. The first-order valence-electron chi connectivity index (χ1n) is 3.44. The quantitative estimate of drug-likeness (QED) is 0.345. The van der Waals surface area contributed by atoms with Crippen molar-refractivity contribution >= 4 is 34.3 Å². The van der Waals surface area contributed by atoms with Crippen LogP contribution in [0.4, 0.5) is 5.69 Å². The number of hydrogen-bond acceptors (Lipinski definition) is 5. The van der Waals surface area contributed by atoms with Crippen LogP contribution in [-0.4, -0.2) is 21.4 Å². The summed E-state index contributed by atoms with van der Waals surface area (Å²) >= 11 is 6.45. The van der Waals surface area contributed by atoms with E-state index in [0.717, 1.165) is 12.3 Å². The molecule has 7 heteroatoms. The van der Waals surface area contributed by atoms with E-state index in [1.807, 2.05) is 0 Å². The maximum atomic E-state index is 10.9. The molecule has 5 nitrogen and oxygen atoms in total. The van der Waals surface area contributed by atoms with Crippen molar-refractivity contribution in [2.75, 3.05) is 6.26 Å². The number of rotatable bonds is 3. The molecule has 0 amide bonds. The Hall–Kier alpha value is -1.14. The predicted octanol–water partition coefficient (Wildman–Crippen LogP) is 2.09. The lowest BCUT2D eigenvalue weighted by Gasteiger charge is -2.00. The Morgan fingerprint density at radius 3 is 2.79 bits per heavy atom. The van der Waals surface area contributed by atoms with Gasteiger partial charge in [-0.1, -0.05) is 0 Å². The number of aromatic nitrogens is 1. The fraction of sp³-hybridized carbons (Fsp3) is 0.143. The van der Waals surface area contributed by atoms with Crippen molar-refractivity contribution in [1.82, 2.24) is 4.98 Å². The van der Waals surface area contributed by atoms with Crippen molar-refractivity contribution in [1.29, 1.82) is 0 Å². The first kappa shape index (κ1) is 10.9. The van der Waals surface area contributed by atoms with Crippen LogP contribution < -0.4 is 0 Å². The van der Waals surface area contributed by atoms with Gasteiger partial charge in [0.25, 0.3) is 10.9 Å². The Kier molecular flexibility index (Phi) is 3.43. The predicted molar refractivity (Wildman–Crippen MR) is 52.9 cm³/mol. The van der Waals surface area contributed by atoms with Crippen molar-refractivity contribution in [3.8, 4) is 0 Å². The lowest BCUT2D eigenvalue weighted by Crippen LogP contribution is -1.98. The van der Waals surface area contributed by atoms with Crippen molar-refractivity contribution in [2.24, 2.45) is 0 Å².